The molecule has 0 aliphatic heterocycles. The number of aryl methyl sites for hydroxylation is 2. The van der Waals surface area contributed by atoms with Crippen molar-refractivity contribution < 1.29 is 14.7 Å². The van der Waals surface area contributed by atoms with Crippen LogP contribution >= 0.6 is 0 Å². The molecule has 124 valence electrons. The summed E-state index contributed by atoms with van der Waals surface area (Å²) in [6.07, 6.45) is 0.828. The van der Waals surface area contributed by atoms with E-state index in [9.17, 15) is 14.7 Å². The minimum atomic E-state index is -0.190. The van der Waals surface area contributed by atoms with Gasteiger partial charge in [-0.15, -0.1) is 0 Å². The lowest BCUT2D eigenvalue weighted by molar-refractivity contribution is -0.122. The van der Waals surface area contributed by atoms with Gasteiger partial charge in [-0.1, -0.05) is 35.9 Å². The lowest BCUT2D eigenvalue weighted by Gasteiger charge is -2.07. The third kappa shape index (κ3) is 3.48. The van der Waals surface area contributed by atoms with Crippen molar-refractivity contribution in [2.75, 3.05) is 6.54 Å². The molecule has 1 aliphatic carbocycles. The predicted octanol–water partition coefficient (Wildman–Crippen LogP) is 3.11. The summed E-state index contributed by atoms with van der Waals surface area (Å²) in [5, 5.41) is 12.2. The molecule has 2 atom stereocenters. The summed E-state index contributed by atoms with van der Waals surface area (Å²) >= 11 is 0. The van der Waals surface area contributed by atoms with Gasteiger partial charge in [0.1, 0.15) is 5.75 Å². The van der Waals surface area contributed by atoms with Gasteiger partial charge in [0.25, 0.3) is 0 Å². The molecule has 1 aliphatic rings. The molecule has 2 aromatic carbocycles. The number of ketones is 1. The highest BCUT2D eigenvalue weighted by Crippen LogP contribution is 2.47. The summed E-state index contributed by atoms with van der Waals surface area (Å²) in [6.45, 7) is 3.80. The third-order valence-corrected chi connectivity index (χ3v) is 4.58. The van der Waals surface area contributed by atoms with E-state index < -0.39 is 0 Å². The molecule has 24 heavy (non-hydrogen) atoms. The molecule has 2 unspecified atom stereocenters. The highest BCUT2D eigenvalue weighted by Gasteiger charge is 2.43. The van der Waals surface area contributed by atoms with Gasteiger partial charge in [0, 0.05) is 11.5 Å². The molecule has 0 aromatic heterocycles. The van der Waals surface area contributed by atoms with Crippen molar-refractivity contribution in [2.24, 2.45) is 5.92 Å². The second-order valence-electron chi connectivity index (χ2n) is 6.50. The minimum Gasteiger partial charge on any atom is -0.508 e. The number of rotatable bonds is 5. The fourth-order valence-electron chi connectivity index (χ4n) is 2.97. The van der Waals surface area contributed by atoms with Gasteiger partial charge in [-0.25, -0.2) is 0 Å². The number of phenols is 1. The first-order valence-electron chi connectivity index (χ1n) is 8.13. The zero-order valence-corrected chi connectivity index (χ0v) is 13.9. The van der Waals surface area contributed by atoms with Crippen molar-refractivity contribution >= 4 is 11.7 Å². The fourth-order valence-corrected chi connectivity index (χ4v) is 2.97. The van der Waals surface area contributed by atoms with Crippen molar-refractivity contribution in [3.05, 3.63) is 64.7 Å². The van der Waals surface area contributed by atoms with E-state index in [1.807, 2.05) is 13.8 Å². The summed E-state index contributed by atoms with van der Waals surface area (Å²) in [7, 11) is 0. The van der Waals surface area contributed by atoms with Crippen LogP contribution in [0.5, 0.6) is 5.75 Å². The van der Waals surface area contributed by atoms with Crippen LogP contribution in [-0.2, 0) is 4.79 Å². The highest BCUT2D eigenvalue weighted by atomic mass is 16.3. The number of nitrogens with one attached hydrogen (secondary N) is 1. The number of phenolic OH excluding ortho intramolecular Hbond substituents is 1. The number of carbonyl (C=O) groups is 2. The standard InChI is InChI=1S/C20H21NO3/c1-12-3-6-14(7-4-12)17-10-18(17)20(24)21-11-19(23)16-9-15(22)8-5-13(16)2/h3-9,17-18,22H,10-11H2,1-2H3,(H,21,24). The zero-order chi connectivity index (χ0) is 17.3. The largest absolute Gasteiger partial charge is 0.508 e. The molecule has 0 radical (unpaired) electrons. The molecule has 0 saturated heterocycles. The fraction of sp³-hybridized carbons (Fsp3) is 0.300. The molecule has 0 heterocycles. The normalized spacial score (nSPS) is 18.9. The molecule has 4 nitrogen and oxygen atoms in total. The molecule has 3 rings (SSSR count). The monoisotopic (exact) mass is 323 g/mol. The Kier molecular flexibility index (Phi) is 4.38. The molecular weight excluding hydrogens is 302 g/mol. The Hall–Kier alpha value is -2.62. The van der Waals surface area contributed by atoms with E-state index >= 15 is 0 Å². The van der Waals surface area contributed by atoms with E-state index in [0.717, 1.165) is 12.0 Å². The van der Waals surface area contributed by atoms with Crippen LogP contribution in [0, 0.1) is 19.8 Å². The Bertz CT molecular complexity index is 780. The predicted molar refractivity (Wildman–Crippen MR) is 92.2 cm³/mol. The van der Waals surface area contributed by atoms with Crippen LogP contribution in [0.3, 0.4) is 0 Å². The topological polar surface area (TPSA) is 66.4 Å². The van der Waals surface area contributed by atoms with E-state index in [-0.39, 0.29) is 35.8 Å². The number of benzene rings is 2. The maximum atomic E-state index is 12.2. The first-order chi connectivity index (χ1) is 11.5. The Morgan fingerprint density at radius 3 is 2.54 bits per heavy atom. The Balaban J connectivity index is 1.56. The SMILES string of the molecule is Cc1ccc(C2CC2C(=O)NCC(=O)c2cc(O)ccc2C)cc1. The molecule has 1 fully saturated rings. The molecule has 2 aromatic rings. The Morgan fingerprint density at radius 1 is 1.12 bits per heavy atom. The van der Waals surface area contributed by atoms with Crippen LogP contribution in [0.15, 0.2) is 42.5 Å². The number of amides is 1. The molecule has 0 bridgehead atoms. The van der Waals surface area contributed by atoms with Crippen LogP contribution in [0.4, 0.5) is 0 Å². The Labute approximate surface area is 141 Å². The molecule has 4 heteroatoms. The average molecular weight is 323 g/mol. The van der Waals surface area contributed by atoms with E-state index in [1.165, 1.54) is 17.2 Å². The highest BCUT2D eigenvalue weighted by molar-refractivity contribution is 6.01. The van der Waals surface area contributed by atoms with Crippen LogP contribution < -0.4 is 5.32 Å². The number of aromatic hydroxyl groups is 1. The van der Waals surface area contributed by atoms with Gasteiger partial charge in [-0.2, -0.15) is 0 Å². The van der Waals surface area contributed by atoms with Crippen LogP contribution in [-0.4, -0.2) is 23.3 Å². The van der Waals surface area contributed by atoms with Crippen LogP contribution in [0.25, 0.3) is 0 Å². The number of carbonyl (C=O) groups excluding carboxylic acids is 2. The lowest BCUT2D eigenvalue weighted by atomic mass is 10.0. The van der Waals surface area contributed by atoms with E-state index in [1.54, 1.807) is 12.1 Å². The molecule has 2 N–H and O–H groups in total. The number of Topliss-reactive ketones (excluding diaryl/α,β-unsaturated/α-hetero) is 1. The molecular formula is C20H21NO3. The van der Waals surface area contributed by atoms with Gasteiger partial charge >= 0.3 is 0 Å². The quantitative estimate of drug-likeness (QED) is 0.831. The van der Waals surface area contributed by atoms with Crippen LogP contribution in [0.1, 0.15) is 39.4 Å². The van der Waals surface area contributed by atoms with Crippen molar-refractivity contribution in [2.45, 2.75) is 26.2 Å². The maximum absolute atomic E-state index is 12.2. The number of hydrogen-bond acceptors (Lipinski definition) is 3. The summed E-state index contributed by atoms with van der Waals surface area (Å²) in [6, 6.07) is 12.9. The van der Waals surface area contributed by atoms with Gasteiger partial charge in [-0.3, -0.25) is 9.59 Å². The van der Waals surface area contributed by atoms with Gasteiger partial charge in [0.05, 0.1) is 6.54 Å². The van der Waals surface area contributed by atoms with E-state index in [0.29, 0.717) is 5.56 Å². The first-order valence-corrected chi connectivity index (χ1v) is 8.13. The van der Waals surface area contributed by atoms with Gasteiger partial charge in [-0.05, 0) is 49.4 Å². The van der Waals surface area contributed by atoms with Crippen molar-refractivity contribution in [1.82, 2.24) is 5.32 Å². The van der Waals surface area contributed by atoms with E-state index in [2.05, 4.69) is 29.6 Å². The van der Waals surface area contributed by atoms with E-state index in [4.69, 9.17) is 0 Å². The van der Waals surface area contributed by atoms with Crippen molar-refractivity contribution in [3.63, 3.8) is 0 Å². The van der Waals surface area contributed by atoms with Gasteiger partial charge < -0.3 is 10.4 Å². The second kappa shape index (κ2) is 6.48. The second-order valence-corrected chi connectivity index (χ2v) is 6.50. The van der Waals surface area contributed by atoms with Gasteiger partial charge in [0.2, 0.25) is 5.91 Å². The summed E-state index contributed by atoms with van der Waals surface area (Å²) in [5.41, 5.74) is 3.61. The smallest absolute Gasteiger partial charge is 0.224 e. The van der Waals surface area contributed by atoms with Crippen molar-refractivity contribution in [1.29, 1.82) is 0 Å². The average Bonchev–Trinajstić information content (AvgIpc) is 3.36. The number of hydrogen-bond donors (Lipinski definition) is 2. The summed E-state index contributed by atoms with van der Waals surface area (Å²) in [5.74, 6) is -0.0121. The Morgan fingerprint density at radius 2 is 1.83 bits per heavy atom. The maximum Gasteiger partial charge on any atom is 0.224 e. The minimum absolute atomic E-state index is 0.0414. The van der Waals surface area contributed by atoms with Crippen molar-refractivity contribution in [3.8, 4) is 5.75 Å². The molecule has 1 amide bonds. The first kappa shape index (κ1) is 16.2. The summed E-state index contributed by atoms with van der Waals surface area (Å²) < 4.78 is 0. The third-order valence-electron chi connectivity index (χ3n) is 4.58. The zero-order valence-electron chi connectivity index (χ0n) is 13.9. The lowest BCUT2D eigenvalue weighted by Crippen LogP contribution is -2.31. The van der Waals surface area contributed by atoms with Crippen LogP contribution in [0.2, 0.25) is 0 Å². The molecule has 1 saturated carbocycles. The van der Waals surface area contributed by atoms with Gasteiger partial charge in [0.15, 0.2) is 5.78 Å². The summed E-state index contributed by atoms with van der Waals surface area (Å²) in [4.78, 5) is 24.5. The molecule has 0 spiro atoms.